The average molecular weight is 261 g/mol. The van der Waals surface area contributed by atoms with Crippen molar-refractivity contribution >= 4 is 12.2 Å². The third-order valence-corrected chi connectivity index (χ3v) is 3.45. The molecule has 102 valence electrons. The van der Waals surface area contributed by atoms with Gasteiger partial charge in [0.25, 0.3) is 5.91 Å². The van der Waals surface area contributed by atoms with Gasteiger partial charge < -0.3 is 9.64 Å². The van der Waals surface area contributed by atoms with Crippen LogP contribution in [0.3, 0.4) is 0 Å². The second kappa shape index (κ2) is 5.43. The van der Waals surface area contributed by atoms with Crippen molar-refractivity contribution in [3.8, 4) is 5.75 Å². The van der Waals surface area contributed by atoms with Crippen molar-refractivity contribution in [3.05, 3.63) is 28.8 Å². The van der Waals surface area contributed by atoms with Gasteiger partial charge in [-0.3, -0.25) is 9.59 Å². The molecule has 1 aromatic rings. The number of amides is 1. The fraction of sp³-hybridized carbons (Fsp3) is 0.467. The van der Waals surface area contributed by atoms with E-state index in [-0.39, 0.29) is 12.5 Å². The van der Waals surface area contributed by atoms with Crippen molar-refractivity contribution in [1.29, 1.82) is 0 Å². The Labute approximate surface area is 113 Å². The van der Waals surface area contributed by atoms with E-state index in [1.54, 1.807) is 17.0 Å². The van der Waals surface area contributed by atoms with Crippen molar-refractivity contribution in [3.63, 3.8) is 0 Å². The first-order valence-electron chi connectivity index (χ1n) is 6.48. The number of rotatable bonds is 5. The summed E-state index contributed by atoms with van der Waals surface area (Å²) in [7, 11) is 1.82. The Morgan fingerprint density at radius 2 is 1.95 bits per heavy atom. The Kier molecular flexibility index (Phi) is 3.88. The number of carbonyl (C=O) groups is 2. The molecule has 1 aliphatic carbocycles. The lowest BCUT2D eigenvalue weighted by atomic mass is 10.1. The van der Waals surface area contributed by atoms with Crippen LogP contribution >= 0.6 is 0 Å². The minimum absolute atomic E-state index is 0.000707. The number of carbonyl (C=O) groups excluding carboxylic acids is 2. The van der Waals surface area contributed by atoms with Crippen LogP contribution in [0, 0.1) is 13.8 Å². The van der Waals surface area contributed by atoms with Gasteiger partial charge in [-0.05, 0) is 49.9 Å². The second-order valence-electron chi connectivity index (χ2n) is 5.13. The summed E-state index contributed by atoms with van der Waals surface area (Å²) in [6.45, 7) is 3.81. The molecular formula is C15H19NO3. The van der Waals surface area contributed by atoms with E-state index in [2.05, 4.69) is 0 Å². The van der Waals surface area contributed by atoms with Crippen molar-refractivity contribution < 1.29 is 14.3 Å². The van der Waals surface area contributed by atoms with E-state index in [0.717, 1.165) is 30.3 Å². The molecule has 0 bridgehead atoms. The zero-order chi connectivity index (χ0) is 14.0. The van der Waals surface area contributed by atoms with Gasteiger partial charge in [0.2, 0.25) is 0 Å². The fourth-order valence-corrected chi connectivity index (χ4v) is 2.18. The standard InChI is InChI=1S/C15H19NO3/c1-10-6-12(8-17)7-11(2)15(10)19-9-14(18)16(3)13-4-5-13/h6-8,13H,4-5,9H2,1-3H3. The Hall–Kier alpha value is -1.84. The highest BCUT2D eigenvalue weighted by Crippen LogP contribution is 2.27. The van der Waals surface area contributed by atoms with E-state index < -0.39 is 0 Å². The molecule has 0 aromatic heterocycles. The Bertz CT molecular complexity index is 483. The summed E-state index contributed by atoms with van der Waals surface area (Å²) < 4.78 is 5.62. The summed E-state index contributed by atoms with van der Waals surface area (Å²) in [6, 6.07) is 3.94. The molecular weight excluding hydrogens is 242 g/mol. The summed E-state index contributed by atoms with van der Waals surface area (Å²) in [5.41, 5.74) is 2.39. The minimum atomic E-state index is 0.000707. The molecule has 0 atom stereocenters. The lowest BCUT2D eigenvalue weighted by Gasteiger charge is -2.18. The fourth-order valence-electron chi connectivity index (χ4n) is 2.18. The number of aryl methyl sites for hydroxylation is 2. The molecule has 4 heteroatoms. The molecule has 4 nitrogen and oxygen atoms in total. The molecule has 1 fully saturated rings. The predicted octanol–water partition coefficient (Wildman–Crippen LogP) is 2.12. The summed E-state index contributed by atoms with van der Waals surface area (Å²) in [5.74, 6) is 0.698. The molecule has 1 saturated carbocycles. The van der Waals surface area contributed by atoms with Crippen LogP contribution in [0.4, 0.5) is 0 Å². The molecule has 0 unspecified atom stereocenters. The highest BCUT2D eigenvalue weighted by atomic mass is 16.5. The van der Waals surface area contributed by atoms with E-state index in [9.17, 15) is 9.59 Å². The number of nitrogens with zero attached hydrogens (tertiary/aromatic N) is 1. The monoisotopic (exact) mass is 261 g/mol. The maximum Gasteiger partial charge on any atom is 0.260 e. The van der Waals surface area contributed by atoms with Gasteiger partial charge in [0, 0.05) is 18.7 Å². The first-order valence-corrected chi connectivity index (χ1v) is 6.48. The number of aldehydes is 1. The number of hydrogen-bond donors (Lipinski definition) is 0. The average Bonchev–Trinajstić information content (AvgIpc) is 3.20. The SMILES string of the molecule is Cc1cc(C=O)cc(C)c1OCC(=O)N(C)C1CC1. The highest BCUT2D eigenvalue weighted by molar-refractivity contribution is 5.79. The Balaban J connectivity index is 2.02. The third-order valence-electron chi connectivity index (χ3n) is 3.45. The largest absolute Gasteiger partial charge is 0.483 e. The van der Waals surface area contributed by atoms with Crippen LogP contribution < -0.4 is 4.74 Å². The van der Waals surface area contributed by atoms with Crippen molar-refractivity contribution in [2.24, 2.45) is 0 Å². The van der Waals surface area contributed by atoms with Gasteiger partial charge in [-0.15, -0.1) is 0 Å². The van der Waals surface area contributed by atoms with E-state index in [4.69, 9.17) is 4.74 Å². The van der Waals surface area contributed by atoms with Crippen molar-refractivity contribution in [2.45, 2.75) is 32.7 Å². The van der Waals surface area contributed by atoms with Crippen LogP contribution in [0.1, 0.15) is 34.3 Å². The van der Waals surface area contributed by atoms with Crippen LogP contribution in [0.15, 0.2) is 12.1 Å². The smallest absolute Gasteiger partial charge is 0.260 e. The molecule has 1 aliphatic rings. The van der Waals surface area contributed by atoms with Gasteiger partial charge in [0.15, 0.2) is 6.61 Å². The molecule has 1 aromatic carbocycles. The molecule has 0 radical (unpaired) electrons. The molecule has 19 heavy (non-hydrogen) atoms. The predicted molar refractivity (Wildman–Crippen MR) is 72.6 cm³/mol. The number of hydrogen-bond acceptors (Lipinski definition) is 3. The summed E-state index contributed by atoms with van der Waals surface area (Å²) in [4.78, 5) is 24.4. The quantitative estimate of drug-likeness (QED) is 0.763. The van der Waals surface area contributed by atoms with E-state index in [1.165, 1.54) is 0 Å². The third kappa shape index (κ3) is 3.13. The lowest BCUT2D eigenvalue weighted by Crippen LogP contribution is -2.33. The van der Waals surface area contributed by atoms with Crippen LogP contribution in [-0.2, 0) is 4.79 Å². The number of likely N-dealkylation sites (N-methyl/N-ethyl adjacent to an activating group) is 1. The number of benzene rings is 1. The van der Waals surface area contributed by atoms with Gasteiger partial charge in [0.05, 0.1) is 0 Å². The van der Waals surface area contributed by atoms with E-state index in [0.29, 0.717) is 17.4 Å². The van der Waals surface area contributed by atoms with Crippen LogP contribution in [0.25, 0.3) is 0 Å². The molecule has 0 aliphatic heterocycles. The first-order chi connectivity index (χ1) is 9.02. The van der Waals surface area contributed by atoms with Gasteiger partial charge in [-0.1, -0.05) is 0 Å². The van der Waals surface area contributed by atoms with Gasteiger partial charge in [0.1, 0.15) is 12.0 Å². The zero-order valence-corrected chi connectivity index (χ0v) is 11.6. The van der Waals surface area contributed by atoms with Crippen molar-refractivity contribution in [1.82, 2.24) is 4.90 Å². The summed E-state index contributed by atoms with van der Waals surface area (Å²) in [5, 5.41) is 0. The van der Waals surface area contributed by atoms with Gasteiger partial charge >= 0.3 is 0 Å². The first kappa shape index (κ1) is 13.6. The van der Waals surface area contributed by atoms with E-state index in [1.807, 2.05) is 20.9 Å². The lowest BCUT2D eigenvalue weighted by molar-refractivity contribution is -0.132. The summed E-state index contributed by atoms with van der Waals surface area (Å²) >= 11 is 0. The van der Waals surface area contributed by atoms with E-state index >= 15 is 0 Å². The molecule has 2 rings (SSSR count). The van der Waals surface area contributed by atoms with Gasteiger partial charge in [-0.25, -0.2) is 0 Å². The summed E-state index contributed by atoms with van der Waals surface area (Å²) in [6.07, 6.45) is 3.00. The normalized spacial score (nSPS) is 14.1. The van der Waals surface area contributed by atoms with Gasteiger partial charge in [-0.2, -0.15) is 0 Å². The van der Waals surface area contributed by atoms with Crippen LogP contribution in [-0.4, -0.2) is 36.8 Å². The van der Waals surface area contributed by atoms with Crippen LogP contribution in [0.2, 0.25) is 0 Å². The zero-order valence-electron chi connectivity index (χ0n) is 11.6. The Morgan fingerprint density at radius 3 is 2.42 bits per heavy atom. The Morgan fingerprint density at radius 1 is 1.37 bits per heavy atom. The molecule has 0 heterocycles. The maximum atomic E-state index is 11.9. The highest BCUT2D eigenvalue weighted by Gasteiger charge is 2.29. The maximum absolute atomic E-state index is 11.9. The van der Waals surface area contributed by atoms with Crippen molar-refractivity contribution in [2.75, 3.05) is 13.7 Å². The second-order valence-corrected chi connectivity index (χ2v) is 5.13. The minimum Gasteiger partial charge on any atom is -0.483 e. The topological polar surface area (TPSA) is 46.6 Å². The molecule has 0 N–H and O–H groups in total. The molecule has 1 amide bonds. The molecule has 0 spiro atoms. The number of ether oxygens (including phenoxy) is 1. The molecule has 0 saturated heterocycles. The van der Waals surface area contributed by atoms with Crippen LogP contribution in [0.5, 0.6) is 5.75 Å².